The summed E-state index contributed by atoms with van der Waals surface area (Å²) >= 11 is 1.34. The molecule has 4 rings (SSSR count). The number of ether oxygens (including phenoxy) is 1. The third-order valence-electron chi connectivity index (χ3n) is 4.86. The Morgan fingerprint density at radius 3 is 2.75 bits per heavy atom. The molecular weight excluding hydrogens is 372 g/mol. The zero-order valence-electron chi connectivity index (χ0n) is 16.1. The van der Waals surface area contributed by atoms with E-state index in [4.69, 9.17) is 10.1 Å². The average Bonchev–Trinajstić information content (AvgIpc) is 3.23. The fourth-order valence-electron chi connectivity index (χ4n) is 3.47. The van der Waals surface area contributed by atoms with Crippen LogP contribution < -0.4 is 4.74 Å². The van der Waals surface area contributed by atoms with E-state index in [1.807, 2.05) is 44.4 Å². The molecule has 2 aliphatic heterocycles. The molecule has 0 radical (unpaired) electrons. The number of hydrogen-bond donors (Lipinski definition) is 1. The van der Waals surface area contributed by atoms with Gasteiger partial charge in [0.15, 0.2) is 5.17 Å². The van der Waals surface area contributed by atoms with Crippen molar-refractivity contribution in [3.05, 3.63) is 64.0 Å². The number of aromatic nitrogens is 1. The van der Waals surface area contributed by atoms with Crippen molar-refractivity contribution in [3.8, 4) is 11.4 Å². The second kappa shape index (κ2) is 6.83. The molecule has 2 aromatic rings. The molecule has 3 heterocycles. The lowest BCUT2D eigenvalue weighted by molar-refractivity contribution is -0.114. The molecule has 2 aliphatic rings. The molecular formula is C21H20N4O2S. The van der Waals surface area contributed by atoms with Crippen LogP contribution in [0.1, 0.15) is 22.5 Å². The first-order valence-corrected chi connectivity index (χ1v) is 9.69. The van der Waals surface area contributed by atoms with Crippen molar-refractivity contribution in [2.45, 2.75) is 20.8 Å². The van der Waals surface area contributed by atoms with Crippen LogP contribution in [0.15, 0.2) is 46.4 Å². The van der Waals surface area contributed by atoms with Gasteiger partial charge in [0.2, 0.25) is 0 Å². The first-order chi connectivity index (χ1) is 13.4. The molecule has 1 N–H and O–H groups in total. The van der Waals surface area contributed by atoms with E-state index >= 15 is 0 Å². The average molecular weight is 392 g/mol. The Balaban J connectivity index is 1.82. The molecule has 0 saturated carbocycles. The highest BCUT2D eigenvalue weighted by molar-refractivity contribution is 8.16. The van der Waals surface area contributed by atoms with Crippen molar-refractivity contribution >= 4 is 34.7 Å². The van der Waals surface area contributed by atoms with E-state index in [0.29, 0.717) is 5.17 Å². The zero-order chi connectivity index (χ0) is 20.0. The molecule has 1 aromatic carbocycles. The second-order valence-electron chi connectivity index (χ2n) is 6.72. The normalized spacial score (nSPS) is 17.4. The molecule has 1 amide bonds. The molecule has 0 fully saturated rings. The third-order valence-corrected chi connectivity index (χ3v) is 5.62. The Morgan fingerprint density at radius 1 is 1.21 bits per heavy atom. The third kappa shape index (κ3) is 2.88. The standard InChI is InChI=1S/C21H20N4O2S/c1-12-5-6-18(27-4)17(9-12)25-13(2)10-15(14(25)3)11-16-19(22)24-7-8-28-21(24)23-20(16)26/h5-11,22H,1-4H3. The number of hydrogen-bond acceptors (Lipinski definition) is 4. The second-order valence-corrected chi connectivity index (χ2v) is 7.59. The number of aliphatic imine (C=N–C) groups is 1. The van der Waals surface area contributed by atoms with Crippen LogP contribution in [0, 0.1) is 26.2 Å². The van der Waals surface area contributed by atoms with E-state index in [9.17, 15) is 4.79 Å². The number of benzene rings is 1. The van der Waals surface area contributed by atoms with Gasteiger partial charge in [-0.1, -0.05) is 17.8 Å². The predicted octanol–water partition coefficient (Wildman–Crippen LogP) is 4.19. The molecule has 0 unspecified atom stereocenters. The summed E-state index contributed by atoms with van der Waals surface area (Å²) in [7, 11) is 1.66. The van der Waals surface area contributed by atoms with E-state index < -0.39 is 0 Å². The number of methoxy groups -OCH3 is 1. The maximum atomic E-state index is 12.5. The molecule has 0 spiro atoms. The van der Waals surface area contributed by atoms with Gasteiger partial charge >= 0.3 is 0 Å². The smallest absolute Gasteiger partial charge is 0.283 e. The summed E-state index contributed by atoms with van der Waals surface area (Å²) in [6.45, 7) is 6.05. The minimum Gasteiger partial charge on any atom is -0.495 e. The van der Waals surface area contributed by atoms with Crippen LogP contribution in [-0.4, -0.2) is 33.5 Å². The largest absolute Gasteiger partial charge is 0.495 e. The number of rotatable bonds is 3. The van der Waals surface area contributed by atoms with Crippen molar-refractivity contribution in [3.63, 3.8) is 0 Å². The van der Waals surface area contributed by atoms with Crippen molar-refractivity contribution in [2.75, 3.05) is 7.11 Å². The number of carbonyl (C=O) groups is 1. The van der Waals surface area contributed by atoms with Crippen LogP contribution in [-0.2, 0) is 4.79 Å². The van der Waals surface area contributed by atoms with Crippen molar-refractivity contribution in [2.24, 2.45) is 4.99 Å². The Hall–Kier alpha value is -3.06. The number of amides is 1. The lowest BCUT2D eigenvalue weighted by Crippen LogP contribution is -2.35. The van der Waals surface area contributed by atoms with Crippen molar-refractivity contribution < 1.29 is 9.53 Å². The summed E-state index contributed by atoms with van der Waals surface area (Å²) in [6, 6.07) is 8.05. The van der Waals surface area contributed by atoms with Gasteiger partial charge < -0.3 is 9.30 Å². The van der Waals surface area contributed by atoms with Gasteiger partial charge in [-0.3, -0.25) is 15.1 Å². The fourth-order valence-corrected chi connectivity index (χ4v) is 4.17. The maximum Gasteiger partial charge on any atom is 0.283 e. The maximum absolute atomic E-state index is 12.5. The van der Waals surface area contributed by atoms with Crippen LogP contribution in [0.25, 0.3) is 11.8 Å². The monoisotopic (exact) mass is 392 g/mol. The van der Waals surface area contributed by atoms with E-state index in [-0.39, 0.29) is 17.3 Å². The lowest BCUT2D eigenvalue weighted by Gasteiger charge is -2.22. The number of aryl methyl sites for hydroxylation is 2. The molecule has 1 aromatic heterocycles. The van der Waals surface area contributed by atoms with Gasteiger partial charge in [-0.15, -0.1) is 0 Å². The molecule has 0 saturated heterocycles. The summed E-state index contributed by atoms with van der Waals surface area (Å²) in [6.07, 6.45) is 3.51. The number of carbonyl (C=O) groups excluding carboxylic acids is 1. The summed E-state index contributed by atoms with van der Waals surface area (Å²) in [5.41, 5.74) is 5.23. The van der Waals surface area contributed by atoms with Gasteiger partial charge in [0.05, 0.1) is 18.4 Å². The van der Waals surface area contributed by atoms with Crippen molar-refractivity contribution in [1.82, 2.24) is 9.47 Å². The van der Waals surface area contributed by atoms with Gasteiger partial charge in [0.1, 0.15) is 11.6 Å². The van der Waals surface area contributed by atoms with E-state index in [1.165, 1.54) is 11.8 Å². The van der Waals surface area contributed by atoms with Gasteiger partial charge in [0.25, 0.3) is 5.91 Å². The van der Waals surface area contributed by atoms with Crippen molar-refractivity contribution in [1.29, 1.82) is 5.41 Å². The predicted molar refractivity (Wildman–Crippen MR) is 113 cm³/mol. The summed E-state index contributed by atoms with van der Waals surface area (Å²) in [5, 5.41) is 10.8. The van der Waals surface area contributed by atoms with E-state index in [1.54, 1.807) is 24.3 Å². The van der Waals surface area contributed by atoms with Crippen LogP contribution in [0.5, 0.6) is 5.75 Å². The fraction of sp³-hybridized carbons (Fsp3) is 0.190. The van der Waals surface area contributed by atoms with E-state index in [2.05, 4.69) is 15.6 Å². The number of amidine groups is 2. The molecule has 142 valence electrons. The van der Waals surface area contributed by atoms with Gasteiger partial charge in [0, 0.05) is 17.6 Å². The number of fused-ring (bicyclic) bond motifs is 1. The highest BCUT2D eigenvalue weighted by Gasteiger charge is 2.31. The van der Waals surface area contributed by atoms with Gasteiger partial charge in [-0.2, -0.15) is 4.99 Å². The topological polar surface area (TPSA) is 70.7 Å². The minimum absolute atomic E-state index is 0.147. The van der Waals surface area contributed by atoms with Crippen LogP contribution >= 0.6 is 11.8 Å². The number of thioether (sulfide) groups is 1. The molecule has 28 heavy (non-hydrogen) atoms. The Kier molecular flexibility index (Phi) is 4.47. The molecule has 6 nitrogen and oxygen atoms in total. The van der Waals surface area contributed by atoms with Gasteiger partial charge in [-0.25, -0.2) is 0 Å². The highest BCUT2D eigenvalue weighted by atomic mass is 32.2. The summed E-state index contributed by atoms with van der Waals surface area (Å²) < 4.78 is 7.65. The number of nitrogens with one attached hydrogen (secondary N) is 1. The van der Waals surface area contributed by atoms with E-state index in [0.717, 1.165) is 34.0 Å². The zero-order valence-corrected chi connectivity index (χ0v) is 16.9. The first kappa shape index (κ1) is 18.3. The molecule has 7 heteroatoms. The van der Waals surface area contributed by atoms with Gasteiger partial charge in [-0.05, 0) is 61.6 Å². The first-order valence-electron chi connectivity index (χ1n) is 8.81. The molecule has 0 aliphatic carbocycles. The minimum atomic E-state index is -0.384. The lowest BCUT2D eigenvalue weighted by atomic mass is 10.1. The number of nitrogens with zero attached hydrogens (tertiary/aromatic N) is 3. The SMILES string of the molecule is COc1ccc(C)cc1-n1c(C)cc(C=C2C(=N)N3C=CSC3=NC2=O)c1C. The van der Waals surface area contributed by atoms with Crippen LogP contribution in [0.2, 0.25) is 0 Å². The molecule has 0 atom stereocenters. The Bertz CT molecular complexity index is 1110. The quantitative estimate of drug-likeness (QED) is 0.795. The summed E-state index contributed by atoms with van der Waals surface area (Å²) in [5.74, 6) is 0.543. The summed E-state index contributed by atoms with van der Waals surface area (Å²) in [4.78, 5) is 18.2. The Labute approximate surface area is 167 Å². The molecule has 0 bridgehead atoms. The Morgan fingerprint density at radius 2 is 2.00 bits per heavy atom. The highest BCUT2D eigenvalue weighted by Crippen LogP contribution is 2.31. The van der Waals surface area contributed by atoms with Crippen LogP contribution in [0.3, 0.4) is 0 Å². The van der Waals surface area contributed by atoms with Crippen LogP contribution in [0.4, 0.5) is 0 Å².